The molecule has 0 spiro atoms. The first-order valence-electron chi connectivity index (χ1n) is 8.02. The number of rotatable bonds is 5. The maximum absolute atomic E-state index is 11.3. The predicted molar refractivity (Wildman–Crippen MR) is 98.6 cm³/mol. The normalized spacial score (nSPS) is 10.9. The number of anilines is 2. The molecular weight excluding hydrogens is 318 g/mol. The number of ether oxygens (including phenoxy) is 1. The summed E-state index contributed by atoms with van der Waals surface area (Å²) in [7, 11) is 0. The SMILES string of the molecule is Cc1ccc([N+](=O)[O-])c2ccnc(Nc3ccc(OC(C)C)cc3)c12. The molecule has 0 saturated carbocycles. The van der Waals surface area contributed by atoms with E-state index in [1.54, 1.807) is 18.3 Å². The van der Waals surface area contributed by atoms with Crippen molar-refractivity contribution in [3.05, 3.63) is 64.3 Å². The van der Waals surface area contributed by atoms with Crippen LogP contribution < -0.4 is 10.1 Å². The quantitative estimate of drug-likeness (QED) is 0.524. The average Bonchev–Trinajstić information content (AvgIpc) is 2.56. The molecule has 0 unspecified atom stereocenters. The number of nitro groups is 1. The number of hydrogen-bond acceptors (Lipinski definition) is 5. The molecule has 0 amide bonds. The molecule has 2 aromatic carbocycles. The van der Waals surface area contributed by atoms with Crippen LogP contribution in [0.15, 0.2) is 48.7 Å². The lowest BCUT2D eigenvalue weighted by atomic mass is 10.0. The van der Waals surface area contributed by atoms with Crippen molar-refractivity contribution in [2.75, 3.05) is 5.32 Å². The van der Waals surface area contributed by atoms with E-state index in [4.69, 9.17) is 4.74 Å². The highest BCUT2D eigenvalue weighted by Crippen LogP contribution is 2.33. The van der Waals surface area contributed by atoms with Crippen LogP contribution in [0.25, 0.3) is 10.8 Å². The third-order valence-corrected chi connectivity index (χ3v) is 3.80. The van der Waals surface area contributed by atoms with Crippen LogP contribution in [0.1, 0.15) is 19.4 Å². The fraction of sp³-hybridized carbons (Fsp3) is 0.211. The van der Waals surface area contributed by atoms with Gasteiger partial charge in [-0.2, -0.15) is 0 Å². The summed E-state index contributed by atoms with van der Waals surface area (Å²) in [6.45, 7) is 5.86. The smallest absolute Gasteiger partial charge is 0.277 e. The van der Waals surface area contributed by atoms with Crippen molar-refractivity contribution in [3.63, 3.8) is 0 Å². The van der Waals surface area contributed by atoms with Crippen molar-refractivity contribution in [1.82, 2.24) is 4.98 Å². The Morgan fingerprint density at radius 1 is 1.12 bits per heavy atom. The molecule has 0 bridgehead atoms. The first-order valence-corrected chi connectivity index (χ1v) is 8.02. The second-order valence-electron chi connectivity index (χ2n) is 6.06. The van der Waals surface area contributed by atoms with Gasteiger partial charge in [-0.25, -0.2) is 4.98 Å². The molecular formula is C19H19N3O3. The second kappa shape index (κ2) is 6.76. The van der Waals surface area contributed by atoms with Crippen LogP contribution in [-0.4, -0.2) is 16.0 Å². The zero-order chi connectivity index (χ0) is 18.0. The molecule has 0 radical (unpaired) electrons. The highest BCUT2D eigenvalue weighted by atomic mass is 16.6. The predicted octanol–water partition coefficient (Wildman–Crippen LogP) is 4.98. The molecule has 3 rings (SSSR count). The van der Waals surface area contributed by atoms with E-state index in [9.17, 15) is 10.1 Å². The van der Waals surface area contributed by atoms with Gasteiger partial charge in [0.15, 0.2) is 0 Å². The number of pyridine rings is 1. The Balaban J connectivity index is 1.99. The van der Waals surface area contributed by atoms with Crippen LogP contribution in [0.5, 0.6) is 5.75 Å². The second-order valence-corrected chi connectivity index (χ2v) is 6.06. The third kappa shape index (κ3) is 3.52. The number of aryl methyl sites for hydroxylation is 1. The van der Waals surface area contributed by atoms with E-state index in [1.807, 2.05) is 45.0 Å². The Labute approximate surface area is 145 Å². The van der Waals surface area contributed by atoms with Gasteiger partial charge in [-0.15, -0.1) is 0 Å². The number of nitrogens with one attached hydrogen (secondary N) is 1. The number of aromatic nitrogens is 1. The molecule has 0 aliphatic heterocycles. The Hall–Kier alpha value is -3.15. The Morgan fingerprint density at radius 2 is 1.84 bits per heavy atom. The summed E-state index contributed by atoms with van der Waals surface area (Å²) in [6, 6.07) is 12.5. The van der Waals surface area contributed by atoms with Crippen LogP contribution in [0.4, 0.5) is 17.2 Å². The largest absolute Gasteiger partial charge is 0.491 e. The van der Waals surface area contributed by atoms with E-state index < -0.39 is 0 Å². The Morgan fingerprint density at radius 3 is 2.48 bits per heavy atom. The number of non-ortho nitro benzene ring substituents is 1. The van der Waals surface area contributed by atoms with Gasteiger partial charge < -0.3 is 10.1 Å². The van der Waals surface area contributed by atoms with E-state index >= 15 is 0 Å². The fourth-order valence-corrected chi connectivity index (χ4v) is 2.73. The molecule has 0 fully saturated rings. The molecule has 6 heteroatoms. The van der Waals surface area contributed by atoms with Crippen LogP contribution in [0.3, 0.4) is 0 Å². The highest BCUT2D eigenvalue weighted by Gasteiger charge is 2.16. The Bertz CT molecular complexity index is 921. The van der Waals surface area contributed by atoms with Gasteiger partial charge in [0.25, 0.3) is 5.69 Å². The molecule has 6 nitrogen and oxygen atoms in total. The van der Waals surface area contributed by atoms with Gasteiger partial charge in [-0.3, -0.25) is 10.1 Å². The lowest BCUT2D eigenvalue weighted by Gasteiger charge is -2.13. The van der Waals surface area contributed by atoms with Gasteiger partial charge in [-0.05, 0) is 56.7 Å². The first kappa shape index (κ1) is 16.7. The summed E-state index contributed by atoms with van der Waals surface area (Å²) in [5.74, 6) is 1.38. The van der Waals surface area contributed by atoms with Gasteiger partial charge in [0.1, 0.15) is 11.6 Å². The summed E-state index contributed by atoms with van der Waals surface area (Å²) in [4.78, 5) is 15.3. The summed E-state index contributed by atoms with van der Waals surface area (Å²) in [5, 5.41) is 15.8. The maximum atomic E-state index is 11.3. The van der Waals surface area contributed by atoms with Crippen molar-refractivity contribution < 1.29 is 9.66 Å². The summed E-state index contributed by atoms with van der Waals surface area (Å²) in [5.41, 5.74) is 1.84. The molecule has 0 atom stereocenters. The van der Waals surface area contributed by atoms with Crippen molar-refractivity contribution in [2.24, 2.45) is 0 Å². The monoisotopic (exact) mass is 337 g/mol. The van der Waals surface area contributed by atoms with Crippen molar-refractivity contribution in [1.29, 1.82) is 0 Å². The molecule has 25 heavy (non-hydrogen) atoms. The summed E-state index contributed by atoms with van der Waals surface area (Å²) in [6.07, 6.45) is 1.69. The summed E-state index contributed by atoms with van der Waals surface area (Å²) < 4.78 is 5.63. The van der Waals surface area contributed by atoms with Crippen LogP contribution in [-0.2, 0) is 0 Å². The molecule has 128 valence electrons. The molecule has 3 aromatic rings. The molecule has 0 aliphatic carbocycles. The lowest BCUT2D eigenvalue weighted by Crippen LogP contribution is -2.05. The van der Waals surface area contributed by atoms with E-state index in [-0.39, 0.29) is 16.7 Å². The molecule has 1 aromatic heterocycles. The zero-order valence-corrected chi connectivity index (χ0v) is 14.3. The number of nitrogens with zero attached hydrogens (tertiary/aromatic N) is 2. The zero-order valence-electron chi connectivity index (χ0n) is 14.3. The molecule has 1 N–H and O–H groups in total. The van der Waals surface area contributed by atoms with Crippen molar-refractivity contribution in [2.45, 2.75) is 26.9 Å². The fourth-order valence-electron chi connectivity index (χ4n) is 2.73. The summed E-state index contributed by atoms with van der Waals surface area (Å²) >= 11 is 0. The maximum Gasteiger partial charge on any atom is 0.277 e. The highest BCUT2D eigenvalue weighted by molar-refractivity contribution is 6.00. The van der Waals surface area contributed by atoms with Gasteiger partial charge in [-0.1, -0.05) is 6.07 Å². The number of nitro benzene ring substituents is 1. The minimum Gasteiger partial charge on any atom is -0.491 e. The number of fused-ring (bicyclic) bond motifs is 1. The topological polar surface area (TPSA) is 77.3 Å². The molecule has 0 saturated heterocycles. The molecule has 0 aliphatic rings. The van der Waals surface area contributed by atoms with Crippen LogP contribution in [0.2, 0.25) is 0 Å². The van der Waals surface area contributed by atoms with E-state index in [1.165, 1.54) is 6.07 Å². The lowest BCUT2D eigenvalue weighted by molar-refractivity contribution is -0.383. The first-order chi connectivity index (χ1) is 12.0. The van der Waals surface area contributed by atoms with Gasteiger partial charge >= 0.3 is 0 Å². The molecule has 1 heterocycles. The number of hydrogen-bond donors (Lipinski definition) is 1. The minimum absolute atomic E-state index is 0.0757. The Kier molecular flexibility index (Phi) is 4.52. The van der Waals surface area contributed by atoms with Crippen molar-refractivity contribution in [3.8, 4) is 5.75 Å². The van der Waals surface area contributed by atoms with E-state index in [0.29, 0.717) is 11.2 Å². The van der Waals surface area contributed by atoms with Crippen molar-refractivity contribution >= 4 is 28.0 Å². The number of benzene rings is 2. The van der Waals surface area contributed by atoms with Gasteiger partial charge in [0.2, 0.25) is 0 Å². The average molecular weight is 337 g/mol. The van der Waals surface area contributed by atoms with E-state index in [2.05, 4.69) is 10.3 Å². The minimum atomic E-state index is -0.371. The van der Waals surface area contributed by atoms with Crippen LogP contribution >= 0.6 is 0 Å². The van der Waals surface area contributed by atoms with Gasteiger partial charge in [0, 0.05) is 23.3 Å². The van der Waals surface area contributed by atoms with Gasteiger partial charge in [0.05, 0.1) is 16.4 Å². The van der Waals surface area contributed by atoms with E-state index in [0.717, 1.165) is 22.4 Å². The standard InChI is InChI=1S/C19H19N3O3/c1-12(2)25-15-7-5-14(6-8-15)21-19-18-13(3)4-9-17(22(23)24)16(18)10-11-20-19/h4-12H,1-3H3,(H,20,21). The third-order valence-electron chi connectivity index (χ3n) is 3.80. The van der Waals surface area contributed by atoms with Crippen LogP contribution in [0, 0.1) is 17.0 Å².